The van der Waals surface area contributed by atoms with Gasteiger partial charge in [-0.25, -0.2) is 9.59 Å². The molecule has 2 aromatic carbocycles. The number of phenols is 2. The van der Waals surface area contributed by atoms with Crippen LogP contribution in [0.25, 0.3) is 12.2 Å². The summed E-state index contributed by atoms with van der Waals surface area (Å²) < 4.78 is 4.84. The zero-order valence-corrected chi connectivity index (χ0v) is 12.9. The van der Waals surface area contributed by atoms with E-state index in [1.165, 1.54) is 24.3 Å². The Morgan fingerprint density at radius 1 is 0.958 bits per heavy atom. The molecule has 3 N–H and O–H groups in total. The van der Waals surface area contributed by atoms with Crippen LogP contribution in [0.15, 0.2) is 36.4 Å². The van der Waals surface area contributed by atoms with Crippen LogP contribution in [0.2, 0.25) is 0 Å². The molecule has 0 bridgehead atoms. The third-order valence-corrected chi connectivity index (χ3v) is 3.24. The van der Waals surface area contributed by atoms with Gasteiger partial charge in [0.1, 0.15) is 0 Å². The summed E-state index contributed by atoms with van der Waals surface area (Å²) >= 11 is 0. The Morgan fingerprint density at radius 3 is 2.17 bits per heavy atom. The van der Waals surface area contributed by atoms with Crippen molar-refractivity contribution in [2.75, 3.05) is 6.61 Å². The van der Waals surface area contributed by atoms with Gasteiger partial charge in [-0.2, -0.15) is 0 Å². The summed E-state index contributed by atoms with van der Waals surface area (Å²) in [6.45, 7) is 1.80. The van der Waals surface area contributed by atoms with E-state index in [4.69, 9.17) is 4.74 Å². The lowest BCUT2D eigenvalue weighted by molar-refractivity contribution is 0.0514. The molecule has 0 unspecified atom stereocenters. The highest BCUT2D eigenvalue weighted by Gasteiger charge is 2.17. The zero-order chi connectivity index (χ0) is 17.7. The van der Waals surface area contributed by atoms with Gasteiger partial charge in [0.05, 0.1) is 17.7 Å². The molecule has 0 atom stereocenters. The number of carboxylic acids is 1. The van der Waals surface area contributed by atoms with Crippen LogP contribution in [-0.2, 0) is 4.74 Å². The van der Waals surface area contributed by atoms with Crippen molar-refractivity contribution in [3.05, 3.63) is 58.7 Å². The molecule has 0 saturated heterocycles. The molecule has 6 nitrogen and oxygen atoms in total. The number of aromatic hydroxyl groups is 2. The van der Waals surface area contributed by atoms with E-state index in [2.05, 4.69) is 0 Å². The van der Waals surface area contributed by atoms with Crippen molar-refractivity contribution in [2.24, 2.45) is 0 Å². The normalized spacial score (nSPS) is 10.7. The number of phenolic OH excluding ortho intramolecular Hbond substituents is 2. The van der Waals surface area contributed by atoms with Crippen molar-refractivity contribution in [3.63, 3.8) is 0 Å². The number of aromatic carboxylic acids is 1. The molecule has 0 spiro atoms. The molecule has 0 amide bonds. The van der Waals surface area contributed by atoms with Gasteiger partial charge in [-0.3, -0.25) is 0 Å². The second-order valence-corrected chi connectivity index (χ2v) is 4.91. The summed E-state index contributed by atoms with van der Waals surface area (Å²) in [7, 11) is 0. The van der Waals surface area contributed by atoms with Gasteiger partial charge in [-0.1, -0.05) is 24.3 Å². The zero-order valence-electron chi connectivity index (χ0n) is 12.9. The number of carboxylic acid groups (broad SMARTS) is 1. The number of ether oxygens (including phenoxy) is 1. The van der Waals surface area contributed by atoms with E-state index >= 15 is 0 Å². The molecule has 0 radical (unpaired) electrons. The fraction of sp³-hybridized carbons (Fsp3) is 0.111. The Kier molecular flexibility index (Phi) is 5.21. The fourth-order valence-corrected chi connectivity index (χ4v) is 2.07. The average molecular weight is 328 g/mol. The summed E-state index contributed by atoms with van der Waals surface area (Å²) in [5.41, 5.74) is 1.03. The largest absolute Gasteiger partial charge is 0.504 e. The number of esters is 1. The minimum atomic E-state index is -1.23. The van der Waals surface area contributed by atoms with E-state index in [1.54, 1.807) is 31.2 Å². The van der Waals surface area contributed by atoms with E-state index in [9.17, 15) is 24.9 Å². The van der Waals surface area contributed by atoms with Crippen LogP contribution in [0.4, 0.5) is 0 Å². The molecule has 6 heteroatoms. The highest BCUT2D eigenvalue weighted by atomic mass is 16.5. The molecule has 24 heavy (non-hydrogen) atoms. The van der Waals surface area contributed by atoms with Crippen molar-refractivity contribution >= 4 is 24.1 Å². The monoisotopic (exact) mass is 328 g/mol. The number of carbonyl (C=O) groups excluding carboxylic acids is 1. The molecular formula is C18H16O6. The highest BCUT2D eigenvalue weighted by Crippen LogP contribution is 2.26. The Morgan fingerprint density at radius 2 is 1.58 bits per heavy atom. The molecule has 124 valence electrons. The molecular weight excluding hydrogens is 312 g/mol. The SMILES string of the molecule is CCOC(=O)c1ccc(C=Cc2ccc(O)c(O)c2)cc1C(=O)O. The topological polar surface area (TPSA) is 104 Å². The van der Waals surface area contributed by atoms with Gasteiger partial charge in [0.25, 0.3) is 0 Å². The Balaban J connectivity index is 2.32. The lowest BCUT2D eigenvalue weighted by atomic mass is 10.0. The molecule has 0 aromatic heterocycles. The first-order valence-corrected chi connectivity index (χ1v) is 7.17. The van der Waals surface area contributed by atoms with Crippen LogP contribution >= 0.6 is 0 Å². The second-order valence-electron chi connectivity index (χ2n) is 4.91. The summed E-state index contributed by atoms with van der Waals surface area (Å²) in [5, 5.41) is 28.0. The molecule has 0 aliphatic rings. The third kappa shape index (κ3) is 3.92. The van der Waals surface area contributed by atoms with Crippen molar-refractivity contribution < 1.29 is 29.6 Å². The smallest absolute Gasteiger partial charge is 0.338 e. The van der Waals surface area contributed by atoms with Crippen LogP contribution in [-0.4, -0.2) is 33.9 Å². The van der Waals surface area contributed by atoms with Gasteiger partial charge < -0.3 is 20.1 Å². The van der Waals surface area contributed by atoms with Gasteiger partial charge in [0.15, 0.2) is 11.5 Å². The number of hydrogen-bond donors (Lipinski definition) is 3. The van der Waals surface area contributed by atoms with Crippen LogP contribution in [0.1, 0.15) is 38.8 Å². The van der Waals surface area contributed by atoms with Crippen molar-refractivity contribution in [1.29, 1.82) is 0 Å². The minimum Gasteiger partial charge on any atom is -0.504 e. The van der Waals surface area contributed by atoms with Crippen LogP contribution in [0, 0.1) is 0 Å². The van der Waals surface area contributed by atoms with E-state index in [-0.39, 0.29) is 29.2 Å². The van der Waals surface area contributed by atoms with E-state index in [0.717, 1.165) is 0 Å². The van der Waals surface area contributed by atoms with Crippen LogP contribution in [0.3, 0.4) is 0 Å². The number of rotatable bonds is 5. The van der Waals surface area contributed by atoms with Gasteiger partial charge in [-0.15, -0.1) is 0 Å². The quantitative estimate of drug-likeness (QED) is 0.442. The fourth-order valence-electron chi connectivity index (χ4n) is 2.07. The Labute approximate surface area is 138 Å². The molecule has 0 aliphatic heterocycles. The van der Waals surface area contributed by atoms with Crippen LogP contribution < -0.4 is 0 Å². The lowest BCUT2D eigenvalue weighted by Crippen LogP contribution is -2.11. The second kappa shape index (κ2) is 7.32. The average Bonchev–Trinajstić information content (AvgIpc) is 2.56. The van der Waals surface area contributed by atoms with Gasteiger partial charge in [-0.05, 0) is 42.3 Å². The van der Waals surface area contributed by atoms with Crippen molar-refractivity contribution in [2.45, 2.75) is 6.92 Å². The first-order chi connectivity index (χ1) is 11.4. The van der Waals surface area contributed by atoms with Gasteiger partial charge >= 0.3 is 11.9 Å². The molecule has 0 saturated carbocycles. The molecule has 2 aromatic rings. The van der Waals surface area contributed by atoms with Crippen LogP contribution in [0.5, 0.6) is 11.5 Å². The standard InChI is InChI=1S/C18H16O6/c1-2-24-18(23)13-7-5-11(9-14(13)17(21)22)3-4-12-6-8-15(19)16(20)10-12/h3-10,19-20H,2H2,1H3,(H,21,22). The van der Waals surface area contributed by atoms with E-state index < -0.39 is 11.9 Å². The van der Waals surface area contributed by atoms with E-state index in [1.807, 2.05) is 0 Å². The van der Waals surface area contributed by atoms with Crippen molar-refractivity contribution in [3.8, 4) is 11.5 Å². The minimum absolute atomic E-state index is 0.0104. The molecule has 0 heterocycles. The maximum atomic E-state index is 11.8. The lowest BCUT2D eigenvalue weighted by Gasteiger charge is -2.06. The Hall–Kier alpha value is -3.28. The first-order valence-electron chi connectivity index (χ1n) is 7.17. The summed E-state index contributed by atoms with van der Waals surface area (Å²) in [6, 6.07) is 8.67. The third-order valence-electron chi connectivity index (χ3n) is 3.24. The van der Waals surface area contributed by atoms with Gasteiger partial charge in [0.2, 0.25) is 0 Å². The van der Waals surface area contributed by atoms with E-state index in [0.29, 0.717) is 11.1 Å². The molecule has 2 rings (SSSR count). The summed E-state index contributed by atoms with van der Waals surface area (Å²) in [6.07, 6.45) is 3.28. The highest BCUT2D eigenvalue weighted by molar-refractivity contribution is 6.03. The molecule has 0 aliphatic carbocycles. The first kappa shape index (κ1) is 17.1. The van der Waals surface area contributed by atoms with Crippen molar-refractivity contribution in [1.82, 2.24) is 0 Å². The predicted octanol–water partition coefficient (Wildman–Crippen LogP) is 3.14. The predicted molar refractivity (Wildman–Crippen MR) is 88.1 cm³/mol. The van der Waals surface area contributed by atoms with Gasteiger partial charge in [0, 0.05) is 0 Å². The summed E-state index contributed by atoms with van der Waals surface area (Å²) in [4.78, 5) is 23.1. The Bertz CT molecular complexity index is 807. The maximum absolute atomic E-state index is 11.8. The molecule has 0 fully saturated rings. The maximum Gasteiger partial charge on any atom is 0.338 e. The number of carbonyl (C=O) groups is 2. The summed E-state index contributed by atoms with van der Waals surface area (Å²) in [5.74, 6) is -2.38. The number of benzene rings is 2. The number of hydrogen-bond acceptors (Lipinski definition) is 5.